The van der Waals surface area contributed by atoms with Crippen LogP contribution in [0.5, 0.6) is 0 Å². The quantitative estimate of drug-likeness (QED) is 0.608. The fraction of sp³-hybridized carbons (Fsp3) is 0.333. The molecule has 0 spiro atoms. The van der Waals surface area contributed by atoms with Gasteiger partial charge in [-0.3, -0.25) is 14.3 Å². The van der Waals surface area contributed by atoms with Crippen molar-refractivity contribution in [3.05, 3.63) is 46.5 Å². The third-order valence-corrected chi connectivity index (χ3v) is 4.89. The highest BCUT2D eigenvalue weighted by atomic mass is 32.1. The zero-order valence-electron chi connectivity index (χ0n) is 15.5. The van der Waals surface area contributed by atoms with E-state index in [2.05, 4.69) is 10.1 Å². The van der Waals surface area contributed by atoms with Crippen LogP contribution in [-0.4, -0.2) is 32.8 Å². The summed E-state index contributed by atoms with van der Waals surface area (Å²) in [6, 6.07) is 3.31. The highest BCUT2D eigenvalue weighted by Crippen LogP contribution is 2.22. The Kier molecular flexibility index (Phi) is 5.68. The van der Waals surface area contributed by atoms with E-state index in [1.54, 1.807) is 6.92 Å². The number of aromatic nitrogens is 3. The number of rotatable bonds is 5. The summed E-state index contributed by atoms with van der Waals surface area (Å²) in [4.78, 5) is 28.8. The number of amides is 1. The van der Waals surface area contributed by atoms with E-state index in [0.717, 1.165) is 23.5 Å². The van der Waals surface area contributed by atoms with Crippen molar-refractivity contribution in [2.45, 2.75) is 33.4 Å². The minimum absolute atomic E-state index is 0.0108. The standard InChI is InChI=1S/C18H18F2N4O3S/c1-4-27-15(25)9-23-16-12(20)7-11(19)8-14(16)28-18(23)22-17(26)13-5-6-21-24(13)10(2)3/h5-8,10H,4,9H2,1-3H3. The van der Waals surface area contributed by atoms with Gasteiger partial charge in [0.05, 0.1) is 16.8 Å². The topological polar surface area (TPSA) is 78.5 Å². The van der Waals surface area contributed by atoms with Gasteiger partial charge in [-0.05, 0) is 32.9 Å². The molecule has 0 atom stereocenters. The lowest BCUT2D eigenvalue weighted by atomic mass is 10.3. The summed E-state index contributed by atoms with van der Waals surface area (Å²) in [7, 11) is 0. The van der Waals surface area contributed by atoms with E-state index in [4.69, 9.17) is 4.74 Å². The molecule has 3 aromatic rings. The molecule has 0 bridgehead atoms. The normalized spacial score (nSPS) is 12.1. The first-order valence-corrected chi connectivity index (χ1v) is 9.40. The fourth-order valence-electron chi connectivity index (χ4n) is 2.74. The van der Waals surface area contributed by atoms with E-state index in [-0.39, 0.29) is 39.9 Å². The van der Waals surface area contributed by atoms with Crippen LogP contribution in [0.2, 0.25) is 0 Å². The largest absolute Gasteiger partial charge is 0.465 e. The van der Waals surface area contributed by atoms with Crippen molar-refractivity contribution in [2.75, 3.05) is 6.61 Å². The summed E-state index contributed by atoms with van der Waals surface area (Å²) in [5.41, 5.74) is 0.241. The first-order valence-electron chi connectivity index (χ1n) is 8.58. The Balaban J connectivity index is 2.17. The predicted octanol–water partition coefficient (Wildman–Crippen LogP) is 3.06. The second-order valence-corrected chi connectivity index (χ2v) is 7.19. The zero-order valence-corrected chi connectivity index (χ0v) is 16.3. The number of carbonyl (C=O) groups excluding carboxylic acids is 2. The lowest BCUT2D eigenvalue weighted by molar-refractivity contribution is -0.143. The maximum atomic E-state index is 14.4. The van der Waals surface area contributed by atoms with Crippen LogP contribution < -0.4 is 4.80 Å². The second-order valence-electron chi connectivity index (χ2n) is 6.18. The van der Waals surface area contributed by atoms with Crippen LogP contribution in [0.25, 0.3) is 10.2 Å². The number of nitrogens with zero attached hydrogens (tertiary/aromatic N) is 4. The molecule has 2 heterocycles. The fourth-order valence-corrected chi connectivity index (χ4v) is 3.80. The molecule has 0 saturated carbocycles. The molecule has 1 amide bonds. The third kappa shape index (κ3) is 3.86. The van der Waals surface area contributed by atoms with Crippen molar-refractivity contribution >= 4 is 33.4 Å². The number of benzene rings is 1. The Labute approximate surface area is 162 Å². The van der Waals surface area contributed by atoms with Gasteiger partial charge in [0.25, 0.3) is 5.91 Å². The molecular weight excluding hydrogens is 390 g/mol. The summed E-state index contributed by atoms with van der Waals surface area (Å²) in [6.07, 6.45) is 1.48. The number of hydrogen-bond acceptors (Lipinski definition) is 5. The van der Waals surface area contributed by atoms with Crippen LogP contribution in [0.4, 0.5) is 8.78 Å². The van der Waals surface area contributed by atoms with Crippen molar-refractivity contribution in [1.82, 2.24) is 14.3 Å². The van der Waals surface area contributed by atoms with E-state index in [1.807, 2.05) is 13.8 Å². The number of esters is 1. The maximum absolute atomic E-state index is 14.4. The molecule has 28 heavy (non-hydrogen) atoms. The highest BCUT2D eigenvalue weighted by Gasteiger charge is 2.18. The molecule has 148 valence electrons. The van der Waals surface area contributed by atoms with Crippen LogP contribution in [0.1, 0.15) is 37.3 Å². The Bertz CT molecular complexity index is 1110. The van der Waals surface area contributed by atoms with Crippen LogP contribution in [0, 0.1) is 11.6 Å². The second kappa shape index (κ2) is 8.01. The van der Waals surface area contributed by atoms with Gasteiger partial charge in [-0.15, -0.1) is 0 Å². The summed E-state index contributed by atoms with van der Waals surface area (Å²) in [5.74, 6) is -2.83. The van der Waals surface area contributed by atoms with Gasteiger partial charge >= 0.3 is 5.97 Å². The van der Waals surface area contributed by atoms with Crippen molar-refractivity contribution in [3.63, 3.8) is 0 Å². The molecule has 2 aromatic heterocycles. The average molecular weight is 408 g/mol. The molecule has 0 aliphatic rings. The average Bonchev–Trinajstić information content (AvgIpc) is 3.20. The molecule has 0 unspecified atom stereocenters. The monoisotopic (exact) mass is 408 g/mol. The van der Waals surface area contributed by atoms with Gasteiger partial charge in [0.1, 0.15) is 18.1 Å². The molecular formula is C18H18F2N4O3S. The smallest absolute Gasteiger partial charge is 0.326 e. The molecule has 0 aliphatic carbocycles. The van der Waals surface area contributed by atoms with E-state index in [0.29, 0.717) is 0 Å². The van der Waals surface area contributed by atoms with Gasteiger partial charge in [0.15, 0.2) is 10.6 Å². The molecule has 3 rings (SSSR count). The minimum Gasteiger partial charge on any atom is -0.465 e. The molecule has 7 nitrogen and oxygen atoms in total. The molecule has 0 fully saturated rings. The van der Waals surface area contributed by atoms with E-state index in [1.165, 1.54) is 21.5 Å². The molecule has 0 N–H and O–H groups in total. The Morgan fingerprint density at radius 2 is 2.07 bits per heavy atom. The SMILES string of the molecule is CCOC(=O)Cn1c(=NC(=O)c2ccnn2C(C)C)sc2cc(F)cc(F)c21. The Morgan fingerprint density at radius 3 is 2.75 bits per heavy atom. The van der Waals surface area contributed by atoms with Crippen LogP contribution in [-0.2, 0) is 16.1 Å². The number of carbonyl (C=O) groups is 2. The van der Waals surface area contributed by atoms with Crippen molar-refractivity contribution in [2.24, 2.45) is 4.99 Å². The highest BCUT2D eigenvalue weighted by molar-refractivity contribution is 7.16. The van der Waals surface area contributed by atoms with E-state index >= 15 is 0 Å². The van der Waals surface area contributed by atoms with Gasteiger partial charge in [0, 0.05) is 18.3 Å². The van der Waals surface area contributed by atoms with Gasteiger partial charge < -0.3 is 9.30 Å². The number of fused-ring (bicyclic) bond motifs is 1. The third-order valence-electron chi connectivity index (χ3n) is 3.86. The van der Waals surface area contributed by atoms with E-state index in [9.17, 15) is 18.4 Å². The zero-order chi connectivity index (χ0) is 20.4. The number of ether oxygens (including phenoxy) is 1. The summed E-state index contributed by atoms with van der Waals surface area (Å²) < 4.78 is 35.9. The number of thiazole rings is 1. The van der Waals surface area contributed by atoms with Gasteiger partial charge in [-0.1, -0.05) is 11.3 Å². The molecule has 10 heteroatoms. The van der Waals surface area contributed by atoms with Crippen molar-refractivity contribution in [3.8, 4) is 0 Å². The van der Waals surface area contributed by atoms with Crippen molar-refractivity contribution in [1.29, 1.82) is 0 Å². The maximum Gasteiger partial charge on any atom is 0.326 e. The molecule has 0 radical (unpaired) electrons. The van der Waals surface area contributed by atoms with Gasteiger partial charge in [-0.25, -0.2) is 8.78 Å². The van der Waals surface area contributed by atoms with E-state index < -0.39 is 23.5 Å². The lowest BCUT2D eigenvalue weighted by Gasteiger charge is -2.08. The van der Waals surface area contributed by atoms with Crippen LogP contribution in [0.3, 0.4) is 0 Å². The Morgan fingerprint density at radius 1 is 1.32 bits per heavy atom. The summed E-state index contributed by atoms with van der Waals surface area (Å²) in [6.45, 7) is 5.17. The van der Waals surface area contributed by atoms with Crippen LogP contribution >= 0.6 is 11.3 Å². The first-order chi connectivity index (χ1) is 13.3. The number of halogens is 2. The molecule has 1 aromatic carbocycles. The number of hydrogen-bond donors (Lipinski definition) is 0. The predicted molar refractivity (Wildman–Crippen MR) is 98.9 cm³/mol. The van der Waals surface area contributed by atoms with Crippen molar-refractivity contribution < 1.29 is 23.1 Å². The first kappa shape index (κ1) is 19.9. The summed E-state index contributed by atoms with van der Waals surface area (Å²) in [5, 5.41) is 4.09. The van der Waals surface area contributed by atoms with Gasteiger partial charge in [0.2, 0.25) is 0 Å². The van der Waals surface area contributed by atoms with Crippen LogP contribution in [0.15, 0.2) is 29.4 Å². The molecule has 0 aliphatic heterocycles. The molecule has 0 saturated heterocycles. The van der Waals surface area contributed by atoms with Gasteiger partial charge in [-0.2, -0.15) is 10.1 Å². The lowest BCUT2D eigenvalue weighted by Crippen LogP contribution is -2.24. The summed E-state index contributed by atoms with van der Waals surface area (Å²) >= 11 is 0.910. The Hall–Kier alpha value is -2.88. The minimum atomic E-state index is -0.850.